The third-order valence-electron chi connectivity index (χ3n) is 7.89. The van der Waals surface area contributed by atoms with E-state index in [1.165, 1.54) is 4.90 Å². The van der Waals surface area contributed by atoms with E-state index in [9.17, 15) is 9.59 Å². The van der Waals surface area contributed by atoms with Gasteiger partial charge in [-0.3, -0.25) is 4.79 Å². The number of nitrogens with zero attached hydrogens (tertiary/aromatic N) is 1. The predicted octanol–water partition coefficient (Wildman–Crippen LogP) is 6.65. The first-order valence-electron chi connectivity index (χ1n) is 13.6. The van der Waals surface area contributed by atoms with Crippen LogP contribution in [0.15, 0.2) is 42.5 Å². The molecule has 2 aliphatic rings. The Kier molecular flexibility index (Phi) is 9.95. The molecule has 0 spiro atoms. The fourth-order valence-electron chi connectivity index (χ4n) is 6.19. The molecule has 7 heteroatoms. The molecule has 0 aromatic heterocycles. The maximum atomic E-state index is 13.7. The number of benzene rings is 1. The van der Waals surface area contributed by atoms with Crippen LogP contribution in [0, 0.1) is 0 Å². The van der Waals surface area contributed by atoms with E-state index in [1.54, 1.807) is 0 Å². The number of carbonyl (C=O) groups is 2. The summed E-state index contributed by atoms with van der Waals surface area (Å²) < 4.78 is 18.9. The summed E-state index contributed by atoms with van der Waals surface area (Å²) in [6.45, 7) is 16.0. The summed E-state index contributed by atoms with van der Waals surface area (Å²) in [6, 6.07) is 9.55. The molecule has 6 nitrogen and oxygen atoms in total. The second-order valence-electron chi connectivity index (χ2n) is 11.1. The van der Waals surface area contributed by atoms with Gasteiger partial charge in [-0.15, -0.1) is 0 Å². The van der Waals surface area contributed by atoms with Crippen molar-refractivity contribution < 1.29 is 23.5 Å². The standard InChI is InChI=1S/C29H45NO5Si/c1-8-25-26(35-36(20(2)3,21(4)5)22(6)7)16-12-13-17-27(34-25)28(31)30-24(19-33-29(30)32)18-23-14-10-9-11-15-23/h9-15,20-22,24-27H,8,16-19H2,1-7H3/b13-12-/t24-,25+,26+,27+/m0/s1. The third kappa shape index (κ3) is 6.12. The molecule has 0 unspecified atom stereocenters. The summed E-state index contributed by atoms with van der Waals surface area (Å²) in [5.41, 5.74) is 2.44. The Morgan fingerprint density at radius 3 is 2.22 bits per heavy atom. The molecule has 1 saturated heterocycles. The molecule has 0 radical (unpaired) electrons. The normalized spacial score (nSPS) is 26.3. The van der Waals surface area contributed by atoms with Gasteiger partial charge in [0.1, 0.15) is 12.7 Å². The molecular weight excluding hydrogens is 470 g/mol. The largest absolute Gasteiger partial charge is 0.447 e. The van der Waals surface area contributed by atoms with Crippen molar-refractivity contribution in [1.29, 1.82) is 0 Å². The minimum absolute atomic E-state index is 0.119. The molecule has 200 valence electrons. The molecular formula is C29H45NO5Si. The van der Waals surface area contributed by atoms with Crippen molar-refractivity contribution in [3.05, 3.63) is 48.0 Å². The smallest absolute Gasteiger partial charge is 0.417 e. The highest BCUT2D eigenvalue weighted by Crippen LogP contribution is 2.44. The lowest BCUT2D eigenvalue weighted by Gasteiger charge is -2.46. The highest BCUT2D eigenvalue weighted by Gasteiger charge is 2.48. The van der Waals surface area contributed by atoms with Gasteiger partial charge in [0.15, 0.2) is 0 Å². The van der Waals surface area contributed by atoms with Crippen molar-refractivity contribution in [2.75, 3.05) is 6.61 Å². The van der Waals surface area contributed by atoms with Crippen molar-refractivity contribution >= 4 is 20.3 Å². The molecule has 1 aromatic carbocycles. The Labute approximate surface area is 218 Å². The van der Waals surface area contributed by atoms with Crippen LogP contribution in [0.2, 0.25) is 16.6 Å². The molecule has 2 aliphatic heterocycles. The molecule has 2 amide bonds. The van der Waals surface area contributed by atoms with Crippen LogP contribution in [-0.4, -0.2) is 56.2 Å². The van der Waals surface area contributed by atoms with Crippen molar-refractivity contribution in [3.8, 4) is 0 Å². The lowest BCUT2D eigenvalue weighted by Crippen LogP contribution is -2.54. The number of amides is 2. The second-order valence-corrected chi connectivity index (χ2v) is 16.5. The van der Waals surface area contributed by atoms with E-state index in [0.29, 0.717) is 29.5 Å². The molecule has 0 N–H and O–H groups in total. The van der Waals surface area contributed by atoms with Crippen LogP contribution >= 0.6 is 0 Å². The summed E-state index contributed by atoms with van der Waals surface area (Å²) in [7, 11) is -2.14. The minimum Gasteiger partial charge on any atom is -0.447 e. The molecule has 1 fully saturated rings. The Morgan fingerprint density at radius 2 is 1.64 bits per heavy atom. The van der Waals surface area contributed by atoms with Crippen LogP contribution < -0.4 is 0 Å². The molecule has 4 atom stereocenters. The maximum Gasteiger partial charge on any atom is 0.417 e. The number of imide groups is 1. The zero-order valence-corrected chi connectivity index (χ0v) is 24.1. The van der Waals surface area contributed by atoms with Crippen LogP contribution in [0.3, 0.4) is 0 Å². The van der Waals surface area contributed by atoms with Crippen molar-refractivity contribution in [2.45, 2.75) is 115 Å². The molecule has 36 heavy (non-hydrogen) atoms. The van der Waals surface area contributed by atoms with Gasteiger partial charge in [0.25, 0.3) is 5.91 Å². The Morgan fingerprint density at radius 1 is 1.03 bits per heavy atom. The SMILES string of the molecule is CC[C@H]1O[C@@H](C(=O)N2C(=O)OC[C@@H]2Cc2ccccc2)C/C=C\C[C@H]1O[Si](C(C)C)(C(C)C)C(C)C. The number of carbonyl (C=O) groups excluding carboxylic acids is 2. The van der Waals surface area contributed by atoms with E-state index < -0.39 is 20.5 Å². The van der Waals surface area contributed by atoms with Gasteiger partial charge in [0.2, 0.25) is 8.32 Å². The van der Waals surface area contributed by atoms with E-state index in [1.807, 2.05) is 36.4 Å². The van der Waals surface area contributed by atoms with Crippen molar-refractivity contribution in [2.24, 2.45) is 0 Å². The van der Waals surface area contributed by atoms with Crippen LogP contribution in [-0.2, 0) is 25.1 Å². The van der Waals surface area contributed by atoms with Gasteiger partial charge < -0.3 is 13.9 Å². The van der Waals surface area contributed by atoms with Crippen LogP contribution in [0.25, 0.3) is 0 Å². The lowest BCUT2D eigenvalue weighted by atomic mass is 10.0. The minimum atomic E-state index is -2.14. The molecule has 0 bridgehead atoms. The van der Waals surface area contributed by atoms with E-state index in [2.05, 4.69) is 54.5 Å². The highest BCUT2D eigenvalue weighted by atomic mass is 28.4. The van der Waals surface area contributed by atoms with Crippen LogP contribution in [0.1, 0.15) is 73.3 Å². The van der Waals surface area contributed by atoms with Gasteiger partial charge in [-0.05, 0) is 41.4 Å². The topological polar surface area (TPSA) is 65.1 Å². The van der Waals surface area contributed by atoms with Gasteiger partial charge >= 0.3 is 6.09 Å². The van der Waals surface area contributed by atoms with E-state index in [-0.39, 0.29) is 30.8 Å². The zero-order chi connectivity index (χ0) is 26.5. The summed E-state index contributed by atoms with van der Waals surface area (Å²) in [6.07, 6.45) is 4.96. The van der Waals surface area contributed by atoms with Crippen molar-refractivity contribution in [3.63, 3.8) is 0 Å². The van der Waals surface area contributed by atoms with Gasteiger partial charge in [-0.25, -0.2) is 9.69 Å². The fourth-order valence-corrected chi connectivity index (χ4v) is 11.8. The van der Waals surface area contributed by atoms with Gasteiger partial charge in [-0.1, -0.05) is 91.0 Å². The zero-order valence-electron chi connectivity index (χ0n) is 23.1. The number of rotatable bonds is 9. The molecule has 0 saturated carbocycles. The Hall–Kier alpha value is -1.96. The monoisotopic (exact) mass is 515 g/mol. The number of cyclic esters (lactones) is 1. The Balaban J connectivity index is 1.81. The summed E-state index contributed by atoms with van der Waals surface area (Å²) in [4.78, 5) is 27.6. The summed E-state index contributed by atoms with van der Waals surface area (Å²) in [5, 5.41) is 0. The van der Waals surface area contributed by atoms with E-state index in [0.717, 1.165) is 18.4 Å². The predicted molar refractivity (Wildman–Crippen MR) is 145 cm³/mol. The molecule has 2 heterocycles. The third-order valence-corrected chi connectivity index (χ3v) is 14.0. The fraction of sp³-hybridized carbons (Fsp3) is 0.655. The first kappa shape index (κ1) is 28.6. The van der Waals surface area contributed by atoms with Crippen molar-refractivity contribution in [1.82, 2.24) is 4.90 Å². The average molecular weight is 516 g/mol. The second kappa shape index (κ2) is 12.5. The van der Waals surface area contributed by atoms with Gasteiger partial charge in [0, 0.05) is 6.42 Å². The molecule has 0 aliphatic carbocycles. The molecule has 1 aromatic rings. The Bertz CT molecular complexity index is 878. The van der Waals surface area contributed by atoms with Gasteiger partial charge in [-0.2, -0.15) is 0 Å². The number of hydrogen-bond acceptors (Lipinski definition) is 5. The first-order valence-corrected chi connectivity index (χ1v) is 15.8. The maximum absolute atomic E-state index is 13.7. The molecule has 3 rings (SSSR count). The summed E-state index contributed by atoms with van der Waals surface area (Å²) in [5.74, 6) is -0.317. The quantitative estimate of drug-likeness (QED) is 0.272. The van der Waals surface area contributed by atoms with E-state index in [4.69, 9.17) is 13.9 Å². The van der Waals surface area contributed by atoms with E-state index >= 15 is 0 Å². The highest BCUT2D eigenvalue weighted by molar-refractivity contribution is 6.77. The first-order chi connectivity index (χ1) is 17.1. The van der Waals surface area contributed by atoms with Crippen LogP contribution in [0.4, 0.5) is 4.79 Å². The van der Waals surface area contributed by atoms with Gasteiger partial charge in [0.05, 0.1) is 18.2 Å². The summed E-state index contributed by atoms with van der Waals surface area (Å²) >= 11 is 0. The van der Waals surface area contributed by atoms with Crippen LogP contribution in [0.5, 0.6) is 0 Å². The lowest BCUT2D eigenvalue weighted by molar-refractivity contribution is -0.150. The number of ether oxygens (including phenoxy) is 2. The number of hydrogen-bond donors (Lipinski definition) is 0. The average Bonchev–Trinajstić information content (AvgIpc) is 3.18.